The lowest BCUT2D eigenvalue weighted by atomic mass is 9.98. The van der Waals surface area contributed by atoms with Crippen LogP contribution in [0.1, 0.15) is 50.0 Å². The minimum atomic E-state index is -0.151. The van der Waals surface area contributed by atoms with Crippen molar-refractivity contribution in [3.8, 4) is 0 Å². The molecule has 0 aliphatic carbocycles. The first kappa shape index (κ1) is 17.5. The van der Waals surface area contributed by atoms with Gasteiger partial charge in [-0.2, -0.15) is 5.10 Å². The van der Waals surface area contributed by atoms with Crippen LogP contribution in [0.2, 0.25) is 0 Å². The number of nitrogens with zero attached hydrogens (tertiary/aromatic N) is 2. The van der Waals surface area contributed by atoms with Gasteiger partial charge in [0.2, 0.25) is 5.91 Å². The molecule has 25 heavy (non-hydrogen) atoms. The summed E-state index contributed by atoms with van der Waals surface area (Å²) >= 11 is 0. The lowest BCUT2D eigenvalue weighted by molar-refractivity contribution is -0.136. The molecule has 6 heteroatoms. The molecule has 1 fully saturated rings. The number of benzene rings is 1. The summed E-state index contributed by atoms with van der Waals surface area (Å²) in [4.78, 5) is 26.9. The molecule has 0 bridgehead atoms. The highest BCUT2D eigenvalue weighted by molar-refractivity contribution is 6.04. The minimum absolute atomic E-state index is 0.0914. The first-order valence-corrected chi connectivity index (χ1v) is 9.16. The van der Waals surface area contributed by atoms with E-state index in [1.54, 1.807) is 0 Å². The number of H-pyrrole nitrogens is 1. The zero-order valence-electron chi connectivity index (χ0n) is 14.9. The summed E-state index contributed by atoms with van der Waals surface area (Å²) in [6, 6.07) is 7.70. The molecule has 0 unspecified atom stereocenters. The van der Waals surface area contributed by atoms with E-state index < -0.39 is 0 Å². The molecular formula is C19H26N4O2. The summed E-state index contributed by atoms with van der Waals surface area (Å²) in [6.45, 7) is 5.55. The lowest BCUT2D eigenvalue weighted by Gasteiger charge is -2.34. The SMILES string of the molecule is CCC(CC)C(=O)N1CCC(NC(=O)c2n[nH]c3ccccc23)CC1. The monoisotopic (exact) mass is 342 g/mol. The number of para-hydroxylation sites is 1. The summed E-state index contributed by atoms with van der Waals surface area (Å²) < 4.78 is 0. The van der Waals surface area contributed by atoms with Gasteiger partial charge in [-0.25, -0.2) is 0 Å². The van der Waals surface area contributed by atoms with Crippen LogP contribution in [0.4, 0.5) is 0 Å². The van der Waals surface area contributed by atoms with Crippen LogP contribution in [0.15, 0.2) is 24.3 Å². The van der Waals surface area contributed by atoms with Gasteiger partial charge < -0.3 is 10.2 Å². The highest BCUT2D eigenvalue weighted by Crippen LogP contribution is 2.19. The van der Waals surface area contributed by atoms with Crippen molar-refractivity contribution in [3.05, 3.63) is 30.0 Å². The van der Waals surface area contributed by atoms with Crippen LogP contribution in [0.25, 0.3) is 10.9 Å². The van der Waals surface area contributed by atoms with Crippen LogP contribution in [-0.2, 0) is 4.79 Å². The Kier molecular flexibility index (Phi) is 5.36. The van der Waals surface area contributed by atoms with Gasteiger partial charge in [0.05, 0.1) is 5.52 Å². The number of piperidine rings is 1. The standard InChI is InChI=1S/C19H26N4O2/c1-3-13(4-2)19(25)23-11-9-14(10-12-23)20-18(24)17-15-7-5-6-8-16(15)21-22-17/h5-8,13-14H,3-4,9-12H2,1-2H3,(H,20,24)(H,21,22). The van der Waals surface area contributed by atoms with Gasteiger partial charge in [-0.3, -0.25) is 14.7 Å². The molecule has 2 aromatic rings. The Morgan fingerprint density at radius 1 is 1.24 bits per heavy atom. The van der Waals surface area contributed by atoms with E-state index in [-0.39, 0.29) is 23.8 Å². The minimum Gasteiger partial charge on any atom is -0.348 e. The van der Waals surface area contributed by atoms with Crippen LogP contribution in [0.5, 0.6) is 0 Å². The lowest BCUT2D eigenvalue weighted by Crippen LogP contribution is -2.48. The van der Waals surface area contributed by atoms with E-state index >= 15 is 0 Å². The molecule has 1 aliphatic heterocycles. The fourth-order valence-corrected chi connectivity index (χ4v) is 3.53. The number of amides is 2. The Hall–Kier alpha value is -2.37. The number of aromatic amines is 1. The molecule has 1 saturated heterocycles. The second-order valence-corrected chi connectivity index (χ2v) is 6.70. The van der Waals surface area contributed by atoms with Crippen LogP contribution in [0.3, 0.4) is 0 Å². The zero-order chi connectivity index (χ0) is 17.8. The molecule has 2 amide bonds. The number of hydrogen-bond donors (Lipinski definition) is 2. The number of likely N-dealkylation sites (tertiary alicyclic amines) is 1. The summed E-state index contributed by atoms with van der Waals surface area (Å²) in [7, 11) is 0. The molecule has 3 rings (SSSR count). The van der Waals surface area contributed by atoms with Gasteiger partial charge in [0.15, 0.2) is 5.69 Å². The summed E-state index contributed by atoms with van der Waals surface area (Å²) in [5.41, 5.74) is 1.30. The number of carbonyl (C=O) groups is 2. The highest BCUT2D eigenvalue weighted by atomic mass is 16.2. The molecule has 1 aliphatic rings. The molecule has 1 aromatic heterocycles. The average molecular weight is 342 g/mol. The number of nitrogens with one attached hydrogen (secondary N) is 2. The van der Waals surface area contributed by atoms with Crippen LogP contribution in [0, 0.1) is 5.92 Å². The maximum atomic E-state index is 12.5. The summed E-state index contributed by atoms with van der Waals surface area (Å²) in [6.07, 6.45) is 3.36. The Bertz CT molecular complexity index is 743. The second kappa shape index (κ2) is 7.68. The average Bonchev–Trinajstić information content (AvgIpc) is 3.07. The fourth-order valence-electron chi connectivity index (χ4n) is 3.53. The van der Waals surface area contributed by atoms with Crippen molar-refractivity contribution in [1.29, 1.82) is 0 Å². The first-order valence-electron chi connectivity index (χ1n) is 9.16. The Morgan fingerprint density at radius 2 is 1.92 bits per heavy atom. The van der Waals surface area contributed by atoms with E-state index in [1.165, 1.54) is 0 Å². The van der Waals surface area contributed by atoms with Crippen LogP contribution in [-0.4, -0.2) is 46.0 Å². The van der Waals surface area contributed by atoms with Crippen molar-refractivity contribution < 1.29 is 9.59 Å². The van der Waals surface area contributed by atoms with Crippen molar-refractivity contribution in [2.45, 2.75) is 45.6 Å². The largest absolute Gasteiger partial charge is 0.348 e. The molecule has 134 valence electrons. The maximum absolute atomic E-state index is 12.5. The molecule has 0 radical (unpaired) electrons. The predicted octanol–water partition coefficient (Wildman–Crippen LogP) is 2.72. The molecule has 0 saturated carbocycles. The first-order chi connectivity index (χ1) is 12.1. The van der Waals surface area contributed by atoms with E-state index in [1.807, 2.05) is 29.2 Å². The van der Waals surface area contributed by atoms with Gasteiger partial charge in [0.25, 0.3) is 5.91 Å². The third-order valence-electron chi connectivity index (χ3n) is 5.16. The Labute approximate surface area is 148 Å². The van der Waals surface area contributed by atoms with Gasteiger partial charge in [0, 0.05) is 30.4 Å². The highest BCUT2D eigenvalue weighted by Gasteiger charge is 2.27. The fraction of sp³-hybridized carbons (Fsp3) is 0.526. The molecule has 2 heterocycles. The number of aromatic nitrogens is 2. The normalized spacial score (nSPS) is 15.7. The number of rotatable bonds is 5. The Balaban J connectivity index is 1.57. The van der Waals surface area contributed by atoms with E-state index in [0.717, 1.165) is 36.6 Å². The number of fused-ring (bicyclic) bond motifs is 1. The second-order valence-electron chi connectivity index (χ2n) is 6.70. The van der Waals surface area contributed by atoms with Crippen molar-refractivity contribution in [2.75, 3.05) is 13.1 Å². The topological polar surface area (TPSA) is 78.1 Å². The number of carbonyl (C=O) groups excluding carboxylic acids is 2. The van der Waals surface area contributed by atoms with Crippen molar-refractivity contribution in [1.82, 2.24) is 20.4 Å². The quantitative estimate of drug-likeness (QED) is 0.877. The maximum Gasteiger partial charge on any atom is 0.272 e. The van der Waals surface area contributed by atoms with Gasteiger partial charge in [-0.05, 0) is 31.7 Å². The third kappa shape index (κ3) is 3.67. The summed E-state index contributed by atoms with van der Waals surface area (Å²) in [5.74, 6) is 0.233. The van der Waals surface area contributed by atoms with Crippen molar-refractivity contribution in [2.24, 2.45) is 5.92 Å². The predicted molar refractivity (Wildman–Crippen MR) is 97.2 cm³/mol. The molecule has 0 atom stereocenters. The van der Waals surface area contributed by atoms with E-state index in [9.17, 15) is 9.59 Å². The van der Waals surface area contributed by atoms with Crippen LogP contribution >= 0.6 is 0 Å². The smallest absolute Gasteiger partial charge is 0.272 e. The Morgan fingerprint density at radius 3 is 2.60 bits per heavy atom. The van der Waals surface area contributed by atoms with E-state index in [4.69, 9.17) is 0 Å². The van der Waals surface area contributed by atoms with Gasteiger partial charge in [-0.1, -0.05) is 32.0 Å². The molecule has 2 N–H and O–H groups in total. The number of hydrogen-bond acceptors (Lipinski definition) is 3. The van der Waals surface area contributed by atoms with Crippen molar-refractivity contribution >= 4 is 22.7 Å². The van der Waals surface area contributed by atoms with Crippen LogP contribution < -0.4 is 5.32 Å². The third-order valence-corrected chi connectivity index (χ3v) is 5.16. The van der Waals surface area contributed by atoms with E-state index in [2.05, 4.69) is 29.4 Å². The zero-order valence-corrected chi connectivity index (χ0v) is 14.9. The molecule has 1 aromatic carbocycles. The van der Waals surface area contributed by atoms with E-state index in [0.29, 0.717) is 18.8 Å². The summed E-state index contributed by atoms with van der Waals surface area (Å²) in [5, 5.41) is 10.9. The van der Waals surface area contributed by atoms with Gasteiger partial charge in [-0.15, -0.1) is 0 Å². The van der Waals surface area contributed by atoms with Gasteiger partial charge >= 0.3 is 0 Å². The molecule has 6 nitrogen and oxygen atoms in total. The van der Waals surface area contributed by atoms with Gasteiger partial charge in [0.1, 0.15) is 0 Å². The van der Waals surface area contributed by atoms with Crippen molar-refractivity contribution in [3.63, 3.8) is 0 Å². The molecular weight excluding hydrogens is 316 g/mol. The molecule has 0 spiro atoms.